The number of halogens is 5. The third-order valence-corrected chi connectivity index (χ3v) is 7.01. The molecule has 0 aliphatic heterocycles. The molecular weight excluding hydrogens is 411 g/mol. The first-order valence-corrected chi connectivity index (χ1v) is 11.2. The lowest BCUT2D eigenvalue weighted by molar-refractivity contribution is -0.374. The van der Waals surface area contributed by atoms with Crippen LogP contribution < -0.4 is 0 Å². The van der Waals surface area contributed by atoms with Gasteiger partial charge < -0.3 is 0 Å². The molecule has 0 heterocycles. The second-order valence-corrected chi connectivity index (χ2v) is 9.03. The van der Waals surface area contributed by atoms with E-state index in [-0.39, 0.29) is 5.57 Å². The molecule has 1 nitrogen and oxygen atoms in total. The minimum atomic E-state index is -5.06. The van der Waals surface area contributed by atoms with Crippen molar-refractivity contribution in [3.8, 4) is 0 Å². The highest BCUT2D eigenvalue weighted by molar-refractivity contribution is 5.78. The molecule has 2 aliphatic carbocycles. The van der Waals surface area contributed by atoms with Gasteiger partial charge in [0.1, 0.15) is 11.4 Å². The van der Waals surface area contributed by atoms with E-state index in [1.165, 1.54) is 6.08 Å². The summed E-state index contributed by atoms with van der Waals surface area (Å²) in [6, 6.07) is 8.28. The lowest BCUT2D eigenvalue weighted by atomic mass is 9.68. The van der Waals surface area contributed by atoms with Gasteiger partial charge in [-0.15, -0.1) is 13.2 Å². The van der Waals surface area contributed by atoms with Crippen molar-refractivity contribution >= 4 is 5.57 Å². The summed E-state index contributed by atoms with van der Waals surface area (Å²) in [6.45, 7) is 4.33. The zero-order chi connectivity index (χ0) is 22.6. The molecule has 0 spiro atoms. The highest BCUT2D eigenvalue weighted by Crippen LogP contribution is 2.49. The van der Waals surface area contributed by atoms with E-state index < -0.39 is 29.9 Å². The Morgan fingerprint density at radius 1 is 1.10 bits per heavy atom. The van der Waals surface area contributed by atoms with Crippen LogP contribution in [0.2, 0.25) is 0 Å². The van der Waals surface area contributed by atoms with Gasteiger partial charge in [-0.1, -0.05) is 82.4 Å². The maximum Gasteiger partial charge on any atom is 0.523 e. The third-order valence-electron chi connectivity index (χ3n) is 7.01. The molecule has 1 aromatic carbocycles. The van der Waals surface area contributed by atoms with Crippen molar-refractivity contribution in [2.45, 2.75) is 76.9 Å². The molecule has 3 unspecified atom stereocenters. The van der Waals surface area contributed by atoms with E-state index in [4.69, 9.17) is 0 Å². The molecule has 0 aromatic heterocycles. The minimum absolute atomic E-state index is 0.0308. The summed E-state index contributed by atoms with van der Waals surface area (Å²) in [5.41, 5.74) is -1.97. The van der Waals surface area contributed by atoms with Crippen LogP contribution in [0.25, 0.3) is 5.57 Å². The molecule has 2 aliphatic rings. The number of rotatable bonds is 7. The van der Waals surface area contributed by atoms with Gasteiger partial charge in [0, 0.05) is 5.57 Å². The van der Waals surface area contributed by atoms with E-state index in [0.717, 1.165) is 25.3 Å². The molecular formula is C25H31F5O. The molecule has 3 rings (SSSR count). The van der Waals surface area contributed by atoms with Gasteiger partial charge in [-0.2, -0.15) is 0 Å². The Balaban J connectivity index is 1.81. The van der Waals surface area contributed by atoms with Gasteiger partial charge in [0.2, 0.25) is 0 Å². The van der Waals surface area contributed by atoms with Gasteiger partial charge in [0.15, 0.2) is 6.17 Å². The van der Waals surface area contributed by atoms with E-state index in [2.05, 4.69) is 18.6 Å². The number of benzene rings is 1. The minimum Gasteiger partial charge on any atom is -0.277 e. The maximum atomic E-state index is 15.4. The molecule has 0 saturated heterocycles. The Hall–Kier alpha value is -1.69. The smallest absolute Gasteiger partial charge is 0.277 e. The van der Waals surface area contributed by atoms with Crippen LogP contribution in [0, 0.1) is 17.8 Å². The first-order valence-electron chi connectivity index (χ1n) is 11.2. The Labute approximate surface area is 181 Å². The van der Waals surface area contributed by atoms with Gasteiger partial charge in [-0.05, 0) is 42.2 Å². The molecule has 0 bridgehead atoms. The second-order valence-electron chi connectivity index (χ2n) is 9.03. The molecule has 0 N–H and O–H groups in total. The van der Waals surface area contributed by atoms with Crippen LogP contribution in [0.4, 0.5) is 22.0 Å². The first kappa shape index (κ1) is 24.0. The molecule has 0 radical (unpaired) electrons. The van der Waals surface area contributed by atoms with Crippen LogP contribution in [-0.4, -0.2) is 18.1 Å². The maximum absolute atomic E-state index is 15.4. The van der Waals surface area contributed by atoms with Crippen LogP contribution in [-0.2, 0) is 4.74 Å². The molecule has 31 heavy (non-hydrogen) atoms. The molecule has 1 fully saturated rings. The van der Waals surface area contributed by atoms with Gasteiger partial charge >= 0.3 is 6.36 Å². The SMILES string of the molecule is CCC(C)CCC1CCC(C2(OC(F)(F)F)C=CC(c3ccccc3)=C(F)C2F)CC1. The van der Waals surface area contributed by atoms with Crippen molar-refractivity contribution in [2.75, 3.05) is 0 Å². The number of hydrogen-bond acceptors (Lipinski definition) is 1. The topological polar surface area (TPSA) is 9.23 Å². The monoisotopic (exact) mass is 442 g/mol. The highest BCUT2D eigenvalue weighted by Gasteiger charge is 2.56. The van der Waals surface area contributed by atoms with E-state index in [1.807, 2.05) is 0 Å². The number of hydrogen-bond donors (Lipinski definition) is 0. The average Bonchev–Trinajstić information content (AvgIpc) is 2.75. The summed E-state index contributed by atoms with van der Waals surface area (Å²) >= 11 is 0. The fraction of sp³-hybridized carbons (Fsp3) is 0.600. The number of ether oxygens (including phenoxy) is 1. The van der Waals surface area contributed by atoms with Crippen LogP contribution in [0.5, 0.6) is 0 Å². The van der Waals surface area contributed by atoms with Crippen molar-refractivity contribution in [3.63, 3.8) is 0 Å². The van der Waals surface area contributed by atoms with Crippen molar-refractivity contribution in [1.29, 1.82) is 0 Å². The fourth-order valence-electron chi connectivity index (χ4n) is 4.90. The van der Waals surface area contributed by atoms with E-state index >= 15 is 8.78 Å². The molecule has 0 amide bonds. The normalized spacial score (nSPS) is 30.5. The highest BCUT2D eigenvalue weighted by atomic mass is 19.4. The zero-order valence-corrected chi connectivity index (χ0v) is 18.1. The van der Waals surface area contributed by atoms with Gasteiger partial charge in [-0.3, -0.25) is 4.74 Å². The molecule has 172 valence electrons. The van der Waals surface area contributed by atoms with E-state index in [0.29, 0.717) is 43.1 Å². The second kappa shape index (κ2) is 9.85. The lowest BCUT2D eigenvalue weighted by Crippen LogP contribution is -2.53. The summed E-state index contributed by atoms with van der Waals surface area (Å²) in [6.07, 6.45) is 0.200. The predicted molar refractivity (Wildman–Crippen MR) is 113 cm³/mol. The van der Waals surface area contributed by atoms with Crippen LogP contribution in [0.3, 0.4) is 0 Å². The third kappa shape index (κ3) is 5.57. The molecule has 1 aromatic rings. The zero-order valence-electron chi connectivity index (χ0n) is 18.1. The largest absolute Gasteiger partial charge is 0.523 e. The summed E-state index contributed by atoms with van der Waals surface area (Å²) in [5.74, 6) is -0.899. The first-order chi connectivity index (χ1) is 14.7. The van der Waals surface area contributed by atoms with Crippen molar-refractivity contribution in [2.24, 2.45) is 17.8 Å². The standard InChI is InChI=1S/C25H31F5O/c1-3-17(2)9-10-18-11-13-20(14-12-18)24(31-25(28,29)30)16-15-21(22(26)23(24)27)19-7-5-4-6-8-19/h4-8,15-18,20,23H,3,9-14H2,1-2H3. The fourth-order valence-corrected chi connectivity index (χ4v) is 4.90. The van der Waals surface area contributed by atoms with Gasteiger partial charge in [-0.25, -0.2) is 8.78 Å². The van der Waals surface area contributed by atoms with Crippen LogP contribution in [0.15, 0.2) is 48.3 Å². The summed E-state index contributed by atoms with van der Waals surface area (Å²) < 4.78 is 74.9. The van der Waals surface area contributed by atoms with E-state index in [1.54, 1.807) is 30.3 Å². The Kier molecular flexibility index (Phi) is 7.61. The van der Waals surface area contributed by atoms with Crippen molar-refractivity contribution in [3.05, 3.63) is 53.9 Å². The molecule has 1 saturated carbocycles. The van der Waals surface area contributed by atoms with Gasteiger partial charge in [0.25, 0.3) is 0 Å². The van der Waals surface area contributed by atoms with Gasteiger partial charge in [0.05, 0.1) is 0 Å². The van der Waals surface area contributed by atoms with E-state index in [9.17, 15) is 13.2 Å². The lowest BCUT2D eigenvalue weighted by Gasteiger charge is -2.45. The summed E-state index contributed by atoms with van der Waals surface area (Å²) in [5, 5.41) is 0. The Bertz CT molecular complexity index is 777. The average molecular weight is 443 g/mol. The Morgan fingerprint density at radius 3 is 2.32 bits per heavy atom. The predicted octanol–water partition coefficient (Wildman–Crippen LogP) is 8.18. The molecule has 3 atom stereocenters. The van der Waals surface area contributed by atoms with Crippen molar-refractivity contribution in [1.82, 2.24) is 0 Å². The summed E-state index contributed by atoms with van der Waals surface area (Å²) in [7, 11) is 0. The van der Waals surface area contributed by atoms with Crippen LogP contribution >= 0.6 is 0 Å². The molecule has 6 heteroatoms. The Morgan fingerprint density at radius 2 is 1.74 bits per heavy atom. The summed E-state index contributed by atoms with van der Waals surface area (Å²) in [4.78, 5) is 0. The van der Waals surface area contributed by atoms with Crippen molar-refractivity contribution < 1.29 is 26.7 Å². The number of allylic oxidation sites excluding steroid dienone is 2. The number of alkyl halides is 4. The van der Waals surface area contributed by atoms with Crippen LogP contribution in [0.1, 0.15) is 64.4 Å². The quantitative estimate of drug-likeness (QED) is 0.387.